The van der Waals surface area contributed by atoms with Crippen molar-refractivity contribution in [1.82, 2.24) is 4.90 Å². The normalized spacial score (nSPS) is 28.3. The minimum absolute atomic E-state index is 0.0831. The summed E-state index contributed by atoms with van der Waals surface area (Å²) in [6.07, 6.45) is 8.41. The Hall–Kier alpha value is -1.39. The van der Waals surface area contributed by atoms with Gasteiger partial charge >= 0.3 is 0 Å². The summed E-state index contributed by atoms with van der Waals surface area (Å²) in [6.45, 7) is 8.32. The van der Waals surface area contributed by atoms with E-state index >= 15 is 0 Å². The fourth-order valence-electron chi connectivity index (χ4n) is 5.27. The molecule has 150 valence electrons. The van der Waals surface area contributed by atoms with Crippen LogP contribution in [-0.4, -0.2) is 42.2 Å². The maximum absolute atomic E-state index is 11.5. The molecule has 4 nitrogen and oxygen atoms in total. The lowest BCUT2D eigenvalue weighted by Gasteiger charge is -2.45. The average Bonchev–Trinajstić information content (AvgIpc) is 3.14. The highest BCUT2D eigenvalue weighted by molar-refractivity contribution is 5.92. The summed E-state index contributed by atoms with van der Waals surface area (Å²) < 4.78 is 0. The van der Waals surface area contributed by atoms with Crippen LogP contribution in [0, 0.1) is 11.3 Å². The Labute approximate surface area is 164 Å². The Kier molecular flexibility index (Phi) is 6.27. The van der Waals surface area contributed by atoms with Gasteiger partial charge in [-0.05, 0) is 79.6 Å². The number of piperidine rings is 1. The van der Waals surface area contributed by atoms with Gasteiger partial charge in [0.25, 0.3) is 0 Å². The third-order valence-corrected chi connectivity index (χ3v) is 7.55. The summed E-state index contributed by atoms with van der Waals surface area (Å²) in [5, 5.41) is 9.81. The van der Waals surface area contributed by atoms with Crippen molar-refractivity contribution in [3.05, 3.63) is 35.4 Å². The number of hydrogen-bond donors (Lipinski definition) is 2. The molecule has 27 heavy (non-hydrogen) atoms. The molecule has 1 saturated carbocycles. The van der Waals surface area contributed by atoms with Crippen LogP contribution < -0.4 is 5.73 Å². The molecule has 1 heterocycles. The number of rotatable bonds is 7. The zero-order valence-electron chi connectivity index (χ0n) is 17.0. The first-order chi connectivity index (χ1) is 12.9. The minimum atomic E-state index is -0.352. The third-order valence-electron chi connectivity index (χ3n) is 7.55. The summed E-state index contributed by atoms with van der Waals surface area (Å²) in [4.78, 5) is 14.1. The second kappa shape index (κ2) is 8.32. The Balaban J connectivity index is 1.57. The lowest BCUT2D eigenvalue weighted by molar-refractivity contribution is 0.0895. The summed E-state index contributed by atoms with van der Waals surface area (Å²) in [7, 11) is 0. The Morgan fingerprint density at radius 2 is 2.04 bits per heavy atom. The average molecular weight is 373 g/mol. The predicted molar refractivity (Wildman–Crippen MR) is 110 cm³/mol. The summed E-state index contributed by atoms with van der Waals surface area (Å²) in [5.74, 6) is 0.169. The van der Waals surface area contributed by atoms with Gasteiger partial charge in [0.2, 0.25) is 5.91 Å². The van der Waals surface area contributed by atoms with Crippen molar-refractivity contribution < 1.29 is 9.90 Å². The van der Waals surface area contributed by atoms with Crippen molar-refractivity contribution in [2.45, 2.75) is 64.2 Å². The highest BCUT2D eigenvalue weighted by atomic mass is 16.3. The fraction of sp³-hybridized carbons (Fsp3) is 0.696. The molecule has 1 aromatic carbocycles. The predicted octanol–water partition coefficient (Wildman–Crippen LogP) is 3.72. The number of carbonyl (C=O) groups excluding carboxylic acids is 1. The van der Waals surface area contributed by atoms with E-state index in [1.807, 2.05) is 12.1 Å². The van der Waals surface area contributed by atoms with Crippen molar-refractivity contribution in [2.75, 3.05) is 26.2 Å². The molecule has 1 aliphatic heterocycles. The topological polar surface area (TPSA) is 66.6 Å². The number of carbonyl (C=O) groups is 1. The van der Waals surface area contributed by atoms with Crippen molar-refractivity contribution in [3.8, 4) is 0 Å². The Bertz CT molecular complexity index is 654. The van der Waals surface area contributed by atoms with Crippen LogP contribution in [0.3, 0.4) is 0 Å². The van der Waals surface area contributed by atoms with E-state index in [9.17, 15) is 9.90 Å². The van der Waals surface area contributed by atoms with Gasteiger partial charge in [-0.15, -0.1) is 0 Å². The van der Waals surface area contributed by atoms with Crippen LogP contribution in [0.2, 0.25) is 0 Å². The first-order valence-electron chi connectivity index (χ1n) is 10.6. The molecule has 0 bridgehead atoms. The maximum atomic E-state index is 11.5. The quantitative estimate of drug-likeness (QED) is 0.766. The van der Waals surface area contributed by atoms with Gasteiger partial charge in [-0.3, -0.25) is 4.79 Å². The first-order valence-corrected chi connectivity index (χ1v) is 10.6. The van der Waals surface area contributed by atoms with Crippen molar-refractivity contribution in [1.29, 1.82) is 0 Å². The molecular formula is C23H36N2O2. The molecule has 2 fully saturated rings. The van der Waals surface area contributed by atoms with E-state index in [4.69, 9.17) is 5.73 Å². The van der Waals surface area contributed by atoms with Crippen molar-refractivity contribution in [2.24, 2.45) is 17.1 Å². The SMILES string of the molecule is C[C@H]1CN(CCCC2(CO)CCCC2)CC[C@]1(C)c1cccc(C(N)=O)c1. The van der Waals surface area contributed by atoms with Crippen LogP contribution >= 0.6 is 0 Å². The second-order valence-corrected chi connectivity index (χ2v) is 9.28. The van der Waals surface area contributed by atoms with Gasteiger partial charge in [-0.25, -0.2) is 0 Å². The molecule has 0 aromatic heterocycles. The molecule has 2 aliphatic rings. The highest BCUT2D eigenvalue weighted by Crippen LogP contribution is 2.42. The van der Waals surface area contributed by atoms with Gasteiger partial charge in [-0.1, -0.05) is 38.8 Å². The molecule has 1 amide bonds. The maximum Gasteiger partial charge on any atom is 0.248 e. The van der Waals surface area contributed by atoms with E-state index in [-0.39, 0.29) is 16.7 Å². The number of aliphatic hydroxyl groups excluding tert-OH is 1. The zero-order valence-corrected chi connectivity index (χ0v) is 17.0. The number of likely N-dealkylation sites (tertiary alicyclic amines) is 1. The van der Waals surface area contributed by atoms with Gasteiger partial charge in [0.15, 0.2) is 0 Å². The molecule has 0 radical (unpaired) electrons. The number of hydrogen-bond acceptors (Lipinski definition) is 3. The van der Waals surface area contributed by atoms with Crippen molar-refractivity contribution >= 4 is 5.91 Å². The van der Waals surface area contributed by atoms with Crippen LogP contribution in [0.15, 0.2) is 24.3 Å². The minimum Gasteiger partial charge on any atom is -0.396 e. The van der Waals surface area contributed by atoms with E-state index in [1.54, 1.807) is 6.07 Å². The monoisotopic (exact) mass is 372 g/mol. The van der Waals surface area contributed by atoms with Gasteiger partial charge in [0.05, 0.1) is 0 Å². The molecular weight excluding hydrogens is 336 g/mol. The molecule has 1 aromatic rings. The lowest BCUT2D eigenvalue weighted by atomic mass is 9.67. The van der Waals surface area contributed by atoms with Crippen molar-refractivity contribution in [3.63, 3.8) is 0 Å². The molecule has 4 heteroatoms. The third kappa shape index (κ3) is 4.38. The number of aliphatic hydroxyl groups is 1. The largest absolute Gasteiger partial charge is 0.396 e. The molecule has 1 saturated heterocycles. The number of nitrogens with zero attached hydrogens (tertiary/aromatic N) is 1. The van der Waals surface area contributed by atoms with Crippen LogP contribution in [-0.2, 0) is 5.41 Å². The van der Waals surface area contributed by atoms with E-state index < -0.39 is 0 Å². The van der Waals surface area contributed by atoms with Crippen LogP contribution in [0.4, 0.5) is 0 Å². The number of primary amides is 1. The molecule has 2 atom stereocenters. The second-order valence-electron chi connectivity index (χ2n) is 9.28. The summed E-state index contributed by atoms with van der Waals surface area (Å²) >= 11 is 0. The zero-order chi connectivity index (χ0) is 19.5. The summed E-state index contributed by atoms with van der Waals surface area (Å²) in [6, 6.07) is 7.88. The van der Waals surface area contributed by atoms with E-state index in [0.29, 0.717) is 18.1 Å². The van der Waals surface area contributed by atoms with E-state index in [1.165, 1.54) is 37.7 Å². The molecule has 3 N–H and O–H groups in total. The summed E-state index contributed by atoms with van der Waals surface area (Å²) in [5.41, 5.74) is 7.61. The standard InChI is InChI=1S/C23H36N2O2/c1-18-16-25(13-6-11-23(17-26)9-3-4-10-23)14-12-22(18,2)20-8-5-7-19(15-20)21(24)27/h5,7-8,15,18,26H,3-4,6,9-14,16-17H2,1-2H3,(H2,24,27)/t18-,22-/m0/s1. The van der Waals surface area contributed by atoms with Gasteiger partial charge in [-0.2, -0.15) is 0 Å². The van der Waals surface area contributed by atoms with Crippen LogP contribution in [0.1, 0.15) is 74.7 Å². The smallest absolute Gasteiger partial charge is 0.248 e. The Morgan fingerprint density at radius 3 is 2.67 bits per heavy atom. The van der Waals surface area contributed by atoms with Gasteiger partial charge in [0.1, 0.15) is 0 Å². The molecule has 0 spiro atoms. The van der Waals surface area contributed by atoms with E-state index in [2.05, 4.69) is 24.8 Å². The molecule has 0 unspecified atom stereocenters. The van der Waals surface area contributed by atoms with Gasteiger partial charge in [0, 0.05) is 18.7 Å². The van der Waals surface area contributed by atoms with E-state index in [0.717, 1.165) is 32.5 Å². The van der Waals surface area contributed by atoms with Crippen LogP contribution in [0.25, 0.3) is 0 Å². The number of amides is 1. The first kappa shape index (κ1) is 20.3. The molecule has 3 rings (SSSR count). The highest BCUT2D eigenvalue weighted by Gasteiger charge is 2.38. The number of benzene rings is 1. The number of nitrogens with two attached hydrogens (primary N) is 1. The lowest BCUT2D eigenvalue weighted by Crippen LogP contribution is -2.47. The molecule has 1 aliphatic carbocycles. The van der Waals surface area contributed by atoms with Crippen LogP contribution in [0.5, 0.6) is 0 Å². The Morgan fingerprint density at radius 1 is 1.30 bits per heavy atom. The fourth-order valence-corrected chi connectivity index (χ4v) is 5.27. The van der Waals surface area contributed by atoms with Gasteiger partial charge < -0.3 is 15.7 Å².